The molecule has 0 atom stereocenters. The summed E-state index contributed by atoms with van der Waals surface area (Å²) in [6.45, 7) is 1.61. The van der Waals surface area contributed by atoms with Crippen LogP contribution in [0.25, 0.3) is 0 Å². The molecule has 1 N–H and O–H groups in total. The number of hydrogen-bond acceptors (Lipinski definition) is 4. The molecule has 106 valence electrons. The van der Waals surface area contributed by atoms with Crippen LogP contribution in [0.4, 0.5) is 5.69 Å². The molecule has 2 rings (SSSR count). The first kappa shape index (κ1) is 14.3. The maximum atomic E-state index is 5.26. The molecule has 4 heteroatoms. The van der Waals surface area contributed by atoms with Gasteiger partial charge in [0.2, 0.25) is 0 Å². The summed E-state index contributed by atoms with van der Waals surface area (Å²) in [5.41, 5.74) is 3.43. The Morgan fingerprint density at radius 1 is 1.25 bits per heavy atom. The summed E-state index contributed by atoms with van der Waals surface area (Å²) in [5.74, 6) is 0.890. The van der Waals surface area contributed by atoms with Crippen LogP contribution in [-0.2, 0) is 13.1 Å². The van der Waals surface area contributed by atoms with Gasteiger partial charge >= 0.3 is 0 Å². The lowest BCUT2D eigenvalue weighted by molar-refractivity contribution is 0.414. The molecule has 1 aromatic carbocycles. The van der Waals surface area contributed by atoms with E-state index in [2.05, 4.69) is 40.4 Å². The lowest BCUT2D eigenvalue weighted by atomic mass is 10.2. The van der Waals surface area contributed by atoms with Gasteiger partial charge in [0.05, 0.1) is 12.8 Å². The monoisotopic (exact) mass is 271 g/mol. The highest BCUT2D eigenvalue weighted by molar-refractivity contribution is 5.46. The SMILES string of the molecule is CNCc1cc(N(C)Cc2cccc(OC)c2)ccn1. The van der Waals surface area contributed by atoms with E-state index in [0.717, 1.165) is 30.2 Å². The van der Waals surface area contributed by atoms with Crippen molar-refractivity contribution in [2.24, 2.45) is 0 Å². The second-order valence-electron chi connectivity index (χ2n) is 4.74. The second-order valence-corrected chi connectivity index (χ2v) is 4.74. The van der Waals surface area contributed by atoms with Crippen LogP contribution in [0.15, 0.2) is 42.6 Å². The number of hydrogen-bond donors (Lipinski definition) is 1. The van der Waals surface area contributed by atoms with E-state index in [1.807, 2.05) is 31.4 Å². The zero-order valence-corrected chi connectivity index (χ0v) is 12.3. The average Bonchev–Trinajstić information content (AvgIpc) is 2.48. The van der Waals surface area contributed by atoms with Crippen molar-refractivity contribution in [2.45, 2.75) is 13.1 Å². The molecule has 0 aliphatic carbocycles. The smallest absolute Gasteiger partial charge is 0.119 e. The largest absolute Gasteiger partial charge is 0.497 e. The van der Waals surface area contributed by atoms with Crippen molar-refractivity contribution in [2.75, 3.05) is 26.1 Å². The van der Waals surface area contributed by atoms with Crippen LogP contribution in [-0.4, -0.2) is 26.2 Å². The van der Waals surface area contributed by atoms with E-state index in [1.165, 1.54) is 5.56 Å². The van der Waals surface area contributed by atoms with Gasteiger partial charge in [-0.1, -0.05) is 12.1 Å². The third kappa shape index (κ3) is 3.71. The molecule has 0 saturated heterocycles. The van der Waals surface area contributed by atoms with Gasteiger partial charge in [-0.15, -0.1) is 0 Å². The van der Waals surface area contributed by atoms with Gasteiger partial charge in [0.25, 0.3) is 0 Å². The number of pyridine rings is 1. The van der Waals surface area contributed by atoms with E-state index < -0.39 is 0 Å². The molecule has 0 unspecified atom stereocenters. The normalized spacial score (nSPS) is 10.3. The standard InChI is InChI=1S/C16H21N3O/c1-17-11-14-10-15(7-8-18-14)19(2)12-13-5-4-6-16(9-13)20-3/h4-10,17H,11-12H2,1-3H3. The van der Waals surface area contributed by atoms with Crippen molar-refractivity contribution in [3.63, 3.8) is 0 Å². The Morgan fingerprint density at radius 2 is 2.10 bits per heavy atom. The van der Waals surface area contributed by atoms with Crippen LogP contribution >= 0.6 is 0 Å². The highest BCUT2D eigenvalue weighted by Gasteiger charge is 2.04. The highest BCUT2D eigenvalue weighted by Crippen LogP contribution is 2.18. The molecule has 0 saturated carbocycles. The molecule has 0 amide bonds. The molecule has 0 aliphatic heterocycles. The lowest BCUT2D eigenvalue weighted by Crippen LogP contribution is -2.17. The number of benzene rings is 1. The van der Waals surface area contributed by atoms with Crippen molar-refractivity contribution in [1.29, 1.82) is 0 Å². The Balaban J connectivity index is 2.10. The zero-order valence-electron chi connectivity index (χ0n) is 12.3. The number of anilines is 1. The van der Waals surface area contributed by atoms with Crippen LogP contribution in [0.3, 0.4) is 0 Å². The van der Waals surface area contributed by atoms with Crippen molar-refractivity contribution >= 4 is 5.69 Å². The van der Waals surface area contributed by atoms with Crippen molar-refractivity contribution in [3.05, 3.63) is 53.9 Å². The predicted molar refractivity (Wildman–Crippen MR) is 82.1 cm³/mol. The molecule has 0 fully saturated rings. The van der Waals surface area contributed by atoms with Crippen LogP contribution in [0.2, 0.25) is 0 Å². The first-order valence-corrected chi connectivity index (χ1v) is 6.66. The molecule has 1 aromatic heterocycles. The Kier molecular flexibility index (Phi) is 4.96. The van der Waals surface area contributed by atoms with E-state index in [9.17, 15) is 0 Å². The van der Waals surface area contributed by atoms with Gasteiger partial charge in [-0.2, -0.15) is 0 Å². The quantitative estimate of drug-likeness (QED) is 0.875. The maximum absolute atomic E-state index is 5.26. The molecule has 4 nitrogen and oxygen atoms in total. The Bertz CT molecular complexity index is 557. The van der Waals surface area contributed by atoms with Gasteiger partial charge in [-0.25, -0.2) is 0 Å². The summed E-state index contributed by atoms with van der Waals surface area (Å²) >= 11 is 0. The topological polar surface area (TPSA) is 37.4 Å². The second kappa shape index (κ2) is 6.91. The van der Waals surface area contributed by atoms with Crippen LogP contribution < -0.4 is 15.0 Å². The molecule has 0 aliphatic rings. The number of ether oxygens (including phenoxy) is 1. The molecule has 20 heavy (non-hydrogen) atoms. The highest BCUT2D eigenvalue weighted by atomic mass is 16.5. The summed E-state index contributed by atoms with van der Waals surface area (Å²) in [5, 5.41) is 3.12. The predicted octanol–water partition coefficient (Wildman–Crippen LogP) is 2.45. The summed E-state index contributed by atoms with van der Waals surface area (Å²) in [7, 11) is 5.70. The van der Waals surface area contributed by atoms with Crippen LogP contribution in [0.1, 0.15) is 11.3 Å². The lowest BCUT2D eigenvalue weighted by Gasteiger charge is -2.20. The third-order valence-corrected chi connectivity index (χ3v) is 3.15. The fraction of sp³-hybridized carbons (Fsp3) is 0.312. The van der Waals surface area contributed by atoms with Gasteiger partial charge in [-0.05, 0) is 36.9 Å². The molecule has 0 bridgehead atoms. The van der Waals surface area contributed by atoms with E-state index in [4.69, 9.17) is 4.74 Å². The average molecular weight is 271 g/mol. The van der Waals surface area contributed by atoms with Crippen molar-refractivity contribution in [3.8, 4) is 5.75 Å². The Hall–Kier alpha value is -2.07. The fourth-order valence-electron chi connectivity index (χ4n) is 2.12. The van der Waals surface area contributed by atoms with Crippen LogP contribution in [0, 0.1) is 0 Å². The summed E-state index contributed by atoms with van der Waals surface area (Å²) in [4.78, 5) is 6.54. The molecule has 0 spiro atoms. The molecule has 0 radical (unpaired) electrons. The van der Waals surface area contributed by atoms with E-state index in [-0.39, 0.29) is 0 Å². The zero-order chi connectivity index (χ0) is 14.4. The van der Waals surface area contributed by atoms with Gasteiger partial charge in [0.15, 0.2) is 0 Å². The van der Waals surface area contributed by atoms with E-state index in [0.29, 0.717) is 0 Å². The minimum atomic E-state index is 0.779. The summed E-state index contributed by atoms with van der Waals surface area (Å²) in [6, 6.07) is 12.3. The molecule has 2 aromatic rings. The molecular weight excluding hydrogens is 250 g/mol. The van der Waals surface area contributed by atoms with Gasteiger partial charge in [0, 0.05) is 32.0 Å². The van der Waals surface area contributed by atoms with Gasteiger partial charge < -0.3 is 15.0 Å². The Labute approximate surface area is 120 Å². The minimum Gasteiger partial charge on any atom is -0.497 e. The van der Waals surface area contributed by atoms with Crippen molar-refractivity contribution in [1.82, 2.24) is 10.3 Å². The number of aromatic nitrogens is 1. The number of nitrogens with one attached hydrogen (secondary N) is 1. The molecule has 1 heterocycles. The molecular formula is C16H21N3O. The fourth-order valence-corrected chi connectivity index (χ4v) is 2.12. The summed E-state index contributed by atoms with van der Waals surface area (Å²) in [6.07, 6.45) is 1.85. The maximum Gasteiger partial charge on any atom is 0.119 e. The minimum absolute atomic E-state index is 0.779. The van der Waals surface area contributed by atoms with Gasteiger partial charge in [-0.3, -0.25) is 4.98 Å². The Morgan fingerprint density at radius 3 is 2.85 bits per heavy atom. The van der Waals surface area contributed by atoms with Crippen molar-refractivity contribution < 1.29 is 4.74 Å². The van der Waals surface area contributed by atoms with Crippen LogP contribution in [0.5, 0.6) is 5.75 Å². The van der Waals surface area contributed by atoms with E-state index in [1.54, 1.807) is 7.11 Å². The first-order chi connectivity index (χ1) is 9.72. The summed E-state index contributed by atoms with van der Waals surface area (Å²) < 4.78 is 5.26. The number of methoxy groups -OCH3 is 1. The third-order valence-electron chi connectivity index (χ3n) is 3.15. The first-order valence-electron chi connectivity index (χ1n) is 6.66. The number of nitrogens with zero attached hydrogens (tertiary/aromatic N) is 2. The number of rotatable bonds is 6. The van der Waals surface area contributed by atoms with Gasteiger partial charge in [0.1, 0.15) is 5.75 Å². The van der Waals surface area contributed by atoms with E-state index >= 15 is 0 Å².